The number of rotatable bonds is 10. The van der Waals surface area contributed by atoms with Gasteiger partial charge in [0.1, 0.15) is 6.61 Å². The number of halogens is 1. The Bertz CT molecular complexity index is 1050. The Hall–Kier alpha value is -2.99. The normalized spacial score (nSPS) is 10.5. The Morgan fingerprint density at radius 2 is 1.72 bits per heavy atom. The summed E-state index contributed by atoms with van der Waals surface area (Å²) in [6, 6.07) is 19.5. The Morgan fingerprint density at radius 3 is 2.41 bits per heavy atom. The zero-order valence-corrected chi connectivity index (χ0v) is 20.2. The minimum absolute atomic E-state index is 0.314. The molecule has 0 amide bonds. The van der Waals surface area contributed by atoms with Crippen LogP contribution in [0.15, 0.2) is 65.1 Å². The first kappa shape index (κ1) is 23.7. The lowest BCUT2D eigenvalue weighted by atomic mass is 10.1. The molecule has 0 aliphatic heterocycles. The van der Waals surface area contributed by atoms with E-state index in [9.17, 15) is 4.79 Å². The van der Waals surface area contributed by atoms with Crippen molar-refractivity contribution in [3.8, 4) is 11.5 Å². The quantitative estimate of drug-likeness (QED) is 0.323. The van der Waals surface area contributed by atoms with Gasteiger partial charge in [0, 0.05) is 12.2 Å². The zero-order chi connectivity index (χ0) is 22.9. The molecule has 0 aliphatic carbocycles. The molecule has 0 aliphatic rings. The molecular formula is C26H28BrNO4. The fourth-order valence-electron chi connectivity index (χ4n) is 3.23. The van der Waals surface area contributed by atoms with E-state index in [1.807, 2.05) is 43.3 Å². The van der Waals surface area contributed by atoms with Crippen molar-refractivity contribution in [1.82, 2.24) is 0 Å². The van der Waals surface area contributed by atoms with Crippen molar-refractivity contribution in [2.75, 3.05) is 18.5 Å². The average Bonchev–Trinajstić information content (AvgIpc) is 2.78. The Morgan fingerprint density at radius 1 is 0.938 bits per heavy atom. The topological polar surface area (TPSA) is 56.8 Å². The first-order chi connectivity index (χ1) is 15.5. The number of carbonyl (C=O) groups excluding carboxylic acids is 1. The molecule has 0 spiro atoms. The molecule has 0 aromatic heterocycles. The molecule has 32 heavy (non-hydrogen) atoms. The maximum Gasteiger partial charge on any atom is 0.338 e. The lowest BCUT2D eigenvalue weighted by molar-refractivity contribution is 0.0526. The van der Waals surface area contributed by atoms with Crippen LogP contribution in [-0.4, -0.2) is 19.2 Å². The second-order valence-electron chi connectivity index (χ2n) is 7.27. The van der Waals surface area contributed by atoms with Crippen LogP contribution in [0.25, 0.3) is 0 Å². The maximum absolute atomic E-state index is 11.8. The predicted octanol–water partition coefficient (Wildman–Crippen LogP) is 6.52. The van der Waals surface area contributed by atoms with Gasteiger partial charge in [-0.15, -0.1) is 0 Å². The van der Waals surface area contributed by atoms with Crippen LogP contribution in [0.4, 0.5) is 5.69 Å². The van der Waals surface area contributed by atoms with Gasteiger partial charge in [-0.05, 0) is 84.2 Å². The third kappa shape index (κ3) is 6.50. The lowest BCUT2D eigenvalue weighted by Crippen LogP contribution is -2.06. The van der Waals surface area contributed by atoms with E-state index in [1.165, 1.54) is 5.56 Å². The number of esters is 1. The Balaban J connectivity index is 1.69. The number of aryl methyl sites for hydroxylation is 1. The van der Waals surface area contributed by atoms with Crippen molar-refractivity contribution in [1.29, 1.82) is 0 Å². The predicted molar refractivity (Wildman–Crippen MR) is 131 cm³/mol. The first-order valence-corrected chi connectivity index (χ1v) is 11.4. The van der Waals surface area contributed by atoms with Gasteiger partial charge < -0.3 is 19.5 Å². The molecule has 0 atom stereocenters. The van der Waals surface area contributed by atoms with Gasteiger partial charge in [0.25, 0.3) is 0 Å². The van der Waals surface area contributed by atoms with Crippen molar-refractivity contribution in [2.24, 2.45) is 0 Å². The van der Waals surface area contributed by atoms with Gasteiger partial charge in [-0.1, -0.05) is 29.8 Å². The van der Waals surface area contributed by atoms with E-state index in [4.69, 9.17) is 14.2 Å². The van der Waals surface area contributed by atoms with Crippen molar-refractivity contribution >= 4 is 27.6 Å². The van der Waals surface area contributed by atoms with Gasteiger partial charge in [-0.3, -0.25) is 0 Å². The molecule has 5 nitrogen and oxygen atoms in total. The van der Waals surface area contributed by atoms with E-state index in [1.54, 1.807) is 19.1 Å². The second-order valence-corrected chi connectivity index (χ2v) is 8.12. The summed E-state index contributed by atoms with van der Waals surface area (Å²) in [5.74, 6) is 1.07. The average molecular weight is 498 g/mol. The molecule has 0 bridgehead atoms. The van der Waals surface area contributed by atoms with Crippen LogP contribution in [0.1, 0.15) is 40.9 Å². The van der Waals surface area contributed by atoms with Crippen molar-refractivity contribution < 1.29 is 19.0 Å². The molecule has 0 radical (unpaired) electrons. The summed E-state index contributed by atoms with van der Waals surface area (Å²) in [4.78, 5) is 11.8. The third-order valence-corrected chi connectivity index (χ3v) is 5.32. The van der Waals surface area contributed by atoms with E-state index in [2.05, 4.69) is 40.3 Å². The molecule has 0 unspecified atom stereocenters. The van der Waals surface area contributed by atoms with Gasteiger partial charge in [-0.2, -0.15) is 0 Å². The van der Waals surface area contributed by atoms with E-state index in [0.717, 1.165) is 21.3 Å². The number of nitrogens with one attached hydrogen (secondary N) is 1. The molecule has 3 rings (SSSR count). The number of anilines is 1. The van der Waals surface area contributed by atoms with E-state index < -0.39 is 0 Å². The molecule has 3 aromatic rings. The Labute approximate surface area is 197 Å². The SMILES string of the molecule is CCOC(=O)c1ccc(NCc2cc(Br)c(OCc3cccc(C)c3)c(OCC)c2)cc1. The highest BCUT2D eigenvalue weighted by Crippen LogP contribution is 2.37. The summed E-state index contributed by atoms with van der Waals surface area (Å²) in [7, 11) is 0. The third-order valence-electron chi connectivity index (χ3n) is 4.73. The summed E-state index contributed by atoms with van der Waals surface area (Å²) >= 11 is 3.64. The smallest absolute Gasteiger partial charge is 0.338 e. The van der Waals surface area contributed by atoms with Crippen molar-refractivity contribution in [3.05, 3.63) is 87.4 Å². The zero-order valence-electron chi connectivity index (χ0n) is 18.6. The summed E-state index contributed by atoms with van der Waals surface area (Å²) in [5, 5.41) is 3.37. The van der Waals surface area contributed by atoms with Gasteiger partial charge in [0.2, 0.25) is 0 Å². The summed E-state index contributed by atoms with van der Waals surface area (Å²) in [6.45, 7) is 7.77. The lowest BCUT2D eigenvalue weighted by Gasteiger charge is -2.16. The summed E-state index contributed by atoms with van der Waals surface area (Å²) < 4.78 is 17.8. The number of hydrogen-bond donors (Lipinski definition) is 1. The summed E-state index contributed by atoms with van der Waals surface area (Å²) in [5.41, 5.74) is 4.79. The van der Waals surface area contributed by atoms with Gasteiger partial charge in [0.15, 0.2) is 11.5 Å². The standard InChI is InChI=1S/C26H28BrNO4/c1-4-30-24-15-20(16-28-22-11-9-21(10-12-22)26(29)31-5-2)14-23(27)25(24)32-17-19-8-6-7-18(3)13-19/h6-15,28H,4-5,16-17H2,1-3H3. The minimum atomic E-state index is -0.314. The van der Waals surface area contributed by atoms with Crippen LogP contribution in [0, 0.1) is 6.92 Å². The monoisotopic (exact) mass is 497 g/mol. The molecular weight excluding hydrogens is 470 g/mol. The Kier molecular flexibility index (Phi) is 8.56. The maximum atomic E-state index is 11.8. The molecule has 0 heterocycles. The van der Waals surface area contributed by atoms with Crippen LogP contribution < -0.4 is 14.8 Å². The van der Waals surface area contributed by atoms with Crippen LogP contribution >= 0.6 is 15.9 Å². The van der Waals surface area contributed by atoms with Crippen LogP contribution in [0.3, 0.4) is 0 Å². The molecule has 1 N–H and O–H groups in total. The second kappa shape index (κ2) is 11.6. The van der Waals surface area contributed by atoms with E-state index in [-0.39, 0.29) is 5.97 Å². The van der Waals surface area contributed by atoms with Gasteiger partial charge >= 0.3 is 5.97 Å². The fourth-order valence-corrected chi connectivity index (χ4v) is 3.83. The molecule has 0 saturated carbocycles. The van der Waals surface area contributed by atoms with E-state index >= 15 is 0 Å². The van der Waals surface area contributed by atoms with Gasteiger partial charge in [0.05, 0.1) is 23.2 Å². The number of ether oxygens (including phenoxy) is 3. The fraction of sp³-hybridized carbons (Fsp3) is 0.269. The molecule has 168 valence electrons. The van der Waals surface area contributed by atoms with Crippen LogP contribution in [0.2, 0.25) is 0 Å². The summed E-state index contributed by atoms with van der Waals surface area (Å²) in [6.07, 6.45) is 0. The van der Waals surface area contributed by atoms with Crippen molar-refractivity contribution in [2.45, 2.75) is 33.9 Å². The van der Waals surface area contributed by atoms with Crippen LogP contribution in [-0.2, 0) is 17.9 Å². The number of hydrogen-bond acceptors (Lipinski definition) is 5. The highest BCUT2D eigenvalue weighted by Gasteiger charge is 2.13. The molecule has 0 saturated heterocycles. The largest absolute Gasteiger partial charge is 0.490 e. The first-order valence-electron chi connectivity index (χ1n) is 10.6. The molecule has 6 heteroatoms. The van der Waals surface area contributed by atoms with Crippen LogP contribution in [0.5, 0.6) is 11.5 Å². The molecule has 0 fully saturated rings. The highest BCUT2D eigenvalue weighted by atomic mass is 79.9. The van der Waals surface area contributed by atoms with Gasteiger partial charge in [-0.25, -0.2) is 4.79 Å². The minimum Gasteiger partial charge on any atom is -0.490 e. The van der Waals surface area contributed by atoms with E-state index in [0.29, 0.717) is 43.4 Å². The molecule has 3 aromatic carbocycles. The number of carbonyl (C=O) groups is 1. The van der Waals surface area contributed by atoms with Crippen molar-refractivity contribution in [3.63, 3.8) is 0 Å². The highest BCUT2D eigenvalue weighted by molar-refractivity contribution is 9.10. The number of benzene rings is 3.